The lowest BCUT2D eigenvalue weighted by Gasteiger charge is -2.24. The van der Waals surface area contributed by atoms with E-state index >= 15 is 4.39 Å². The topological polar surface area (TPSA) is 54.3 Å². The maximum Gasteiger partial charge on any atom is 0.141 e. The summed E-state index contributed by atoms with van der Waals surface area (Å²) < 4.78 is 40.5. The fourth-order valence-electron chi connectivity index (χ4n) is 4.13. The highest BCUT2D eigenvalue weighted by Gasteiger charge is 2.18. The number of morpholine rings is 1. The van der Waals surface area contributed by atoms with E-state index in [0.29, 0.717) is 48.3 Å². The van der Waals surface area contributed by atoms with Gasteiger partial charge in [0.25, 0.3) is 0 Å². The highest BCUT2D eigenvalue weighted by molar-refractivity contribution is 5.84. The van der Waals surface area contributed by atoms with E-state index in [1.165, 1.54) is 18.2 Å². The summed E-state index contributed by atoms with van der Waals surface area (Å²) in [6.45, 7) is 2.78. The summed E-state index contributed by atoms with van der Waals surface area (Å²) in [5.41, 5.74) is 4.26. The Balaban J connectivity index is 1.76. The van der Waals surface area contributed by atoms with Crippen molar-refractivity contribution in [1.29, 1.82) is 5.26 Å². The second kappa shape index (κ2) is 10.7. The van der Waals surface area contributed by atoms with Gasteiger partial charge < -0.3 is 14.8 Å². The molecule has 0 aromatic heterocycles. The smallest absolute Gasteiger partial charge is 0.141 e. The molecule has 6 heteroatoms. The highest BCUT2D eigenvalue weighted by Crippen LogP contribution is 2.36. The van der Waals surface area contributed by atoms with Gasteiger partial charge in [0.05, 0.1) is 24.9 Å². The van der Waals surface area contributed by atoms with E-state index in [4.69, 9.17) is 14.7 Å². The molecule has 3 aromatic carbocycles. The lowest BCUT2D eigenvalue weighted by Crippen LogP contribution is -2.39. The van der Waals surface area contributed by atoms with Crippen molar-refractivity contribution in [2.75, 3.05) is 33.4 Å². The molecule has 1 unspecified atom stereocenters. The van der Waals surface area contributed by atoms with Crippen LogP contribution in [-0.4, -0.2) is 39.5 Å². The Hall–Kier alpha value is -3.11. The number of hydrogen-bond acceptors (Lipinski definition) is 4. The molecule has 0 radical (unpaired) electrons. The van der Waals surface area contributed by atoms with Crippen molar-refractivity contribution in [1.82, 2.24) is 5.32 Å². The van der Waals surface area contributed by atoms with E-state index in [1.807, 2.05) is 30.3 Å². The number of ether oxygens (including phenoxy) is 2. The van der Waals surface area contributed by atoms with Gasteiger partial charge in [-0.25, -0.2) is 8.78 Å². The number of methoxy groups -OCH3 is 1. The fourth-order valence-corrected chi connectivity index (χ4v) is 4.13. The first-order valence-electron chi connectivity index (χ1n) is 11.0. The first kappa shape index (κ1) is 23.1. The van der Waals surface area contributed by atoms with Gasteiger partial charge >= 0.3 is 0 Å². The molecule has 1 fully saturated rings. The Labute approximate surface area is 192 Å². The van der Waals surface area contributed by atoms with E-state index in [-0.39, 0.29) is 17.5 Å². The van der Waals surface area contributed by atoms with Crippen LogP contribution in [0.15, 0.2) is 54.6 Å². The van der Waals surface area contributed by atoms with Crippen LogP contribution in [0.4, 0.5) is 8.78 Å². The number of nitriles is 1. The van der Waals surface area contributed by atoms with Gasteiger partial charge in [-0.3, -0.25) is 0 Å². The van der Waals surface area contributed by atoms with E-state index in [0.717, 1.165) is 24.2 Å². The van der Waals surface area contributed by atoms with Gasteiger partial charge in [-0.2, -0.15) is 5.26 Å². The Kier molecular flexibility index (Phi) is 7.46. The molecule has 4 nitrogen and oxygen atoms in total. The first-order chi connectivity index (χ1) is 16.1. The van der Waals surface area contributed by atoms with Crippen molar-refractivity contribution >= 4 is 0 Å². The van der Waals surface area contributed by atoms with Gasteiger partial charge in [-0.05, 0) is 58.9 Å². The van der Waals surface area contributed by atoms with Crippen molar-refractivity contribution in [2.45, 2.75) is 18.9 Å². The zero-order chi connectivity index (χ0) is 23.2. The van der Waals surface area contributed by atoms with Crippen molar-refractivity contribution in [3.05, 3.63) is 82.9 Å². The van der Waals surface area contributed by atoms with Gasteiger partial charge in [-0.1, -0.05) is 36.4 Å². The summed E-state index contributed by atoms with van der Waals surface area (Å²) in [6, 6.07) is 17.3. The largest absolute Gasteiger partial charge is 0.384 e. The molecule has 0 bridgehead atoms. The van der Waals surface area contributed by atoms with Gasteiger partial charge in [0.2, 0.25) is 0 Å². The molecule has 170 valence electrons. The van der Waals surface area contributed by atoms with Crippen LogP contribution in [0.3, 0.4) is 0 Å². The standard InChI is InChI=1S/C27H26F2N2O2/c1-32-10-8-18-2-7-24(27(29)14-18)23-6-3-19(12-22-17-31-9-11-33-22)13-25(23)20-4-5-21(16-30)26(28)15-20/h2-7,13-15,22,31H,8-12,17H2,1H3. The van der Waals surface area contributed by atoms with Crippen LogP contribution in [-0.2, 0) is 22.3 Å². The summed E-state index contributed by atoms with van der Waals surface area (Å²) in [5, 5.41) is 12.4. The maximum absolute atomic E-state index is 15.1. The zero-order valence-corrected chi connectivity index (χ0v) is 18.5. The minimum atomic E-state index is -0.596. The Morgan fingerprint density at radius 2 is 1.82 bits per heavy atom. The minimum Gasteiger partial charge on any atom is -0.384 e. The molecule has 0 aliphatic carbocycles. The summed E-state index contributed by atoms with van der Waals surface area (Å²) >= 11 is 0. The molecule has 1 heterocycles. The highest BCUT2D eigenvalue weighted by atomic mass is 19.1. The molecule has 33 heavy (non-hydrogen) atoms. The predicted octanol–water partition coefficient (Wildman–Crippen LogP) is 4.89. The van der Waals surface area contributed by atoms with Crippen LogP contribution < -0.4 is 5.32 Å². The van der Waals surface area contributed by atoms with E-state index in [1.54, 1.807) is 19.2 Å². The number of hydrogen-bond donors (Lipinski definition) is 1. The Morgan fingerprint density at radius 1 is 1.00 bits per heavy atom. The van der Waals surface area contributed by atoms with Gasteiger partial charge in [0, 0.05) is 25.8 Å². The normalized spacial score (nSPS) is 15.9. The quantitative estimate of drug-likeness (QED) is 0.559. The van der Waals surface area contributed by atoms with Gasteiger partial charge in [0.1, 0.15) is 17.7 Å². The Morgan fingerprint density at radius 3 is 2.52 bits per heavy atom. The SMILES string of the molecule is COCCc1ccc(-c2ccc(CC3CNCCO3)cc2-c2ccc(C#N)c(F)c2)c(F)c1. The molecule has 0 spiro atoms. The molecule has 1 N–H and O–H groups in total. The van der Waals surface area contributed by atoms with Gasteiger partial charge in [-0.15, -0.1) is 0 Å². The van der Waals surface area contributed by atoms with Crippen LogP contribution in [0.25, 0.3) is 22.3 Å². The summed E-state index contributed by atoms with van der Waals surface area (Å²) in [4.78, 5) is 0. The third kappa shape index (κ3) is 5.45. The summed E-state index contributed by atoms with van der Waals surface area (Å²) in [5.74, 6) is -0.937. The first-order valence-corrected chi connectivity index (χ1v) is 11.0. The number of nitrogens with zero attached hydrogens (tertiary/aromatic N) is 1. The maximum atomic E-state index is 15.1. The number of nitrogens with one attached hydrogen (secondary N) is 1. The molecule has 1 aliphatic rings. The lowest BCUT2D eigenvalue weighted by molar-refractivity contribution is 0.0292. The van der Waals surface area contributed by atoms with Crippen LogP contribution in [0.5, 0.6) is 0 Å². The molecular weight excluding hydrogens is 422 g/mol. The van der Waals surface area contributed by atoms with Crippen LogP contribution >= 0.6 is 0 Å². The van der Waals surface area contributed by atoms with Gasteiger partial charge in [0.15, 0.2) is 0 Å². The molecule has 0 saturated carbocycles. The molecule has 3 aromatic rings. The molecule has 0 amide bonds. The number of benzene rings is 3. The van der Waals surface area contributed by atoms with Crippen LogP contribution in [0.2, 0.25) is 0 Å². The molecular formula is C27H26F2N2O2. The second-order valence-corrected chi connectivity index (χ2v) is 8.14. The molecule has 1 saturated heterocycles. The molecule has 4 rings (SSSR count). The van der Waals surface area contributed by atoms with Crippen LogP contribution in [0.1, 0.15) is 16.7 Å². The average Bonchev–Trinajstić information content (AvgIpc) is 2.83. The zero-order valence-electron chi connectivity index (χ0n) is 18.5. The molecule has 1 atom stereocenters. The van der Waals surface area contributed by atoms with Crippen LogP contribution in [0, 0.1) is 23.0 Å². The van der Waals surface area contributed by atoms with E-state index < -0.39 is 5.82 Å². The average molecular weight is 449 g/mol. The summed E-state index contributed by atoms with van der Waals surface area (Å²) in [7, 11) is 1.61. The van der Waals surface area contributed by atoms with Crippen molar-refractivity contribution < 1.29 is 18.3 Å². The Bertz CT molecular complexity index is 1170. The van der Waals surface area contributed by atoms with Crippen molar-refractivity contribution in [3.8, 4) is 28.3 Å². The third-order valence-electron chi connectivity index (χ3n) is 5.87. The fraction of sp³-hybridized carbons (Fsp3) is 0.296. The predicted molar refractivity (Wildman–Crippen MR) is 124 cm³/mol. The summed E-state index contributed by atoms with van der Waals surface area (Å²) in [6.07, 6.45) is 1.36. The lowest BCUT2D eigenvalue weighted by atomic mass is 9.90. The van der Waals surface area contributed by atoms with E-state index in [2.05, 4.69) is 5.32 Å². The second-order valence-electron chi connectivity index (χ2n) is 8.14. The number of rotatable bonds is 7. The van der Waals surface area contributed by atoms with Crippen molar-refractivity contribution in [3.63, 3.8) is 0 Å². The van der Waals surface area contributed by atoms with E-state index in [9.17, 15) is 4.39 Å². The molecule has 1 aliphatic heterocycles. The van der Waals surface area contributed by atoms with Crippen molar-refractivity contribution in [2.24, 2.45) is 0 Å². The monoisotopic (exact) mass is 448 g/mol. The third-order valence-corrected chi connectivity index (χ3v) is 5.87. The number of halogens is 2. The minimum absolute atomic E-state index is 0.0215.